The Morgan fingerprint density at radius 2 is 2.14 bits per heavy atom. The number of methoxy groups -OCH3 is 1. The van der Waals surface area contributed by atoms with E-state index in [0.29, 0.717) is 33.6 Å². The largest absolute Gasteiger partial charge is 0.497 e. The first-order valence-electron chi connectivity index (χ1n) is 8.98. The van der Waals surface area contributed by atoms with E-state index < -0.39 is 0 Å². The summed E-state index contributed by atoms with van der Waals surface area (Å²) < 4.78 is 11.3. The molecule has 2 heterocycles. The van der Waals surface area contributed by atoms with Crippen molar-refractivity contribution in [3.63, 3.8) is 0 Å². The van der Waals surface area contributed by atoms with Crippen LogP contribution in [0.3, 0.4) is 0 Å². The fourth-order valence-corrected chi connectivity index (χ4v) is 4.24. The van der Waals surface area contributed by atoms with Crippen molar-refractivity contribution in [1.82, 2.24) is 5.32 Å². The van der Waals surface area contributed by atoms with Crippen LogP contribution in [0, 0.1) is 0 Å². The zero-order valence-electron chi connectivity index (χ0n) is 15.6. The molecule has 29 heavy (non-hydrogen) atoms. The van der Waals surface area contributed by atoms with Crippen LogP contribution in [-0.4, -0.2) is 36.4 Å². The first-order valence-corrected chi connectivity index (χ1v) is 10.2. The molecule has 2 aromatic rings. The summed E-state index contributed by atoms with van der Waals surface area (Å²) in [7, 11) is 1.63. The summed E-state index contributed by atoms with van der Waals surface area (Å²) in [6, 6.07) is 13.3. The summed E-state index contributed by atoms with van der Waals surface area (Å²) in [5.74, 6) is 1.13. The lowest BCUT2D eigenvalue weighted by molar-refractivity contribution is -0.121. The highest BCUT2D eigenvalue weighted by Crippen LogP contribution is 2.35. The van der Waals surface area contributed by atoms with E-state index >= 15 is 0 Å². The minimum atomic E-state index is -0.208. The Labute approximate surface area is 177 Å². The number of thioether (sulfide) groups is 1. The average Bonchev–Trinajstić information content (AvgIpc) is 3.04. The van der Waals surface area contributed by atoms with Crippen LogP contribution in [0.4, 0.5) is 5.69 Å². The molecule has 1 fully saturated rings. The molecule has 0 unspecified atom stereocenters. The molecule has 148 valence electrons. The lowest BCUT2D eigenvalue weighted by Gasteiger charge is -2.29. The zero-order valence-corrected chi connectivity index (χ0v) is 17.3. The van der Waals surface area contributed by atoms with Gasteiger partial charge in [0.05, 0.1) is 17.7 Å². The Morgan fingerprint density at radius 3 is 2.90 bits per heavy atom. The molecule has 0 aliphatic carbocycles. The molecule has 8 heteroatoms. The van der Waals surface area contributed by atoms with Crippen molar-refractivity contribution in [2.75, 3.05) is 25.2 Å². The van der Waals surface area contributed by atoms with Gasteiger partial charge in [-0.2, -0.15) is 0 Å². The summed E-state index contributed by atoms with van der Waals surface area (Å²) in [6.07, 6.45) is 2.44. The second-order valence-corrected chi connectivity index (χ2v) is 8.23. The van der Waals surface area contributed by atoms with Crippen molar-refractivity contribution in [2.24, 2.45) is 0 Å². The third-order valence-corrected chi connectivity index (χ3v) is 5.79. The number of nitrogens with zero attached hydrogens (tertiary/aromatic N) is 1. The molecule has 0 atom stereocenters. The maximum atomic E-state index is 12.5. The molecule has 2 aromatic carbocycles. The van der Waals surface area contributed by atoms with Gasteiger partial charge in [0, 0.05) is 6.54 Å². The fraction of sp³-hybridized carbons (Fsp3) is 0.190. The number of carbonyl (C=O) groups is 2. The van der Waals surface area contributed by atoms with Crippen LogP contribution in [0.5, 0.6) is 11.5 Å². The second-order valence-electron chi connectivity index (χ2n) is 6.51. The van der Waals surface area contributed by atoms with Crippen molar-refractivity contribution in [3.05, 3.63) is 58.5 Å². The van der Waals surface area contributed by atoms with Crippen molar-refractivity contribution >= 4 is 51.9 Å². The molecule has 0 spiro atoms. The van der Waals surface area contributed by atoms with Gasteiger partial charge in [-0.3, -0.25) is 9.59 Å². The normalized spacial score (nSPS) is 17.2. The number of anilines is 1. The number of hydrogen-bond acceptors (Lipinski definition) is 6. The van der Waals surface area contributed by atoms with Crippen LogP contribution in [0.1, 0.15) is 11.1 Å². The van der Waals surface area contributed by atoms with Crippen LogP contribution in [0.25, 0.3) is 6.08 Å². The Morgan fingerprint density at radius 1 is 1.28 bits per heavy atom. The Bertz CT molecular complexity index is 1040. The SMILES string of the molecule is COc1cccc(CCN2C(=O)COc3ccc(/C=C4\SC(=S)NC4=O)cc32)c1. The van der Waals surface area contributed by atoms with Gasteiger partial charge in [-0.25, -0.2) is 0 Å². The van der Waals surface area contributed by atoms with Crippen LogP contribution in [-0.2, 0) is 16.0 Å². The number of thiocarbonyl (C=S) groups is 1. The lowest BCUT2D eigenvalue weighted by atomic mass is 10.1. The van der Waals surface area contributed by atoms with E-state index in [9.17, 15) is 9.59 Å². The number of benzene rings is 2. The van der Waals surface area contributed by atoms with Crippen LogP contribution in [0.15, 0.2) is 47.4 Å². The van der Waals surface area contributed by atoms with E-state index in [1.807, 2.05) is 42.5 Å². The third kappa shape index (κ3) is 4.28. The average molecular weight is 427 g/mol. The molecule has 0 bridgehead atoms. The minimum Gasteiger partial charge on any atom is -0.497 e. The van der Waals surface area contributed by atoms with E-state index in [1.165, 1.54) is 11.8 Å². The Hall–Kier alpha value is -2.84. The topological polar surface area (TPSA) is 67.9 Å². The van der Waals surface area contributed by atoms with Gasteiger partial charge in [-0.1, -0.05) is 42.2 Å². The maximum absolute atomic E-state index is 12.5. The lowest BCUT2D eigenvalue weighted by Crippen LogP contribution is -2.40. The maximum Gasteiger partial charge on any atom is 0.265 e. The van der Waals surface area contributed by atoms with Crippen LogP contribution >= 0.6 is 24.0 Å². The molecule has 4 rings (SSSR count). The second kappa shape index (κ2) is 8.26. The molecule has 2 aliphatic heterocycles. The quantitative estimate of drug-likeness (QED) is 0.585. The number of rotatable bonds is 5. The van der Waals surface area contributed by atoms with Gasteiger partial charge in [0.25, 0.3) is 11.8 Å². The Balaban J connectivity index is 1.58. The molecule has 2 aliphatic rings. The first-order chi connectivity index (χ1) is 14.0. The molecule has 2 amide bonds. The van der Waals surface area contributed by atoms with Crippen LogP contribution < -0.4 is 19.7 Å². The molecule has 0 radical (unpaired) electrons. The summed E-state index contributed by atoms with van der Waals surface area (Å²) in [6.45, 7) is 0.528. The predicted octanol–water partition coefficient (Wildman–Crippen LogP) is 3.15. The molecule has 0 saturated carbocycles. The number of ether oxygens (including phenoxy) is 2. The van der Waals surface area contributed by atoms with Crippen molar-refractivity contribution in [2.45, 2.75) is 6.42 Å². The minimum absolute atomic E-state index is 0.0120. The zero-order chi connectivity index (χ0) is 20.4. The standard InChI is InChI=1S/C21H18N2O4S2/c1-26-15-4-2-3-13(9-15)7-8-23-16-10-14(5-6-17(16)27-12-19(23)24)11-18-20(25)22-21(28)29-18/h2-6,9-11H,7-8,12H2,1H3,(H,22,25,28)/b18-11-. The van der Waals surface area contributed by atoms with Gasteiger partial charge < -0.3 is 19.7 Å². The number of hydrogen-bond donors (Lipinski definition) is 1. The van der Waals surface area contributed by atoms with Crippen molar-refractivity contribution in [1.29, 1.82) is 0 Å². The Kier molecular flexibility index (Phi) is 5.55. The van der Waals surface area contributed by atoms with Gasteiger partial charge in [0.2, 0.25) is 0 Å². The summed E-state index contributed by atoms with van der Waals surface area (Å²) in [5, 5.41) is 2.60. The number of amides is 2. The summed E-state index contributed by atoms with van der Waals surface area (Å²) in [4.78, 5) is 26.7. The monoisotopic (exact) mass is 426 g/mol. The van der Waals surface area contributed by atoms with Crippen molar-refractivity contribution < 1.29 is 19.1 Å². The molecule has 1 N–H and O–H groups in total. The molecule has 6 nitrogen and oxygen atoms in total. The van der Waals surface area contributed by atoms with E-state index in [1.54, 1.807) is 18.1 Å². The third-order valence-electron chi connectivity index (χ3n) is 4.62. The van der Waals surface area contributed by atoms with Gasteiger partial charge in [-0.15, -0.1) is 0 Å². The number of nitrogens with one attached hydrogen (secondary N) is 1. The van der Waals surface area contributed by atoms with Gasteiger partial charge in [0.15, 0.2) is 6.61 Å². The molecule has 1 saturated heterocycles. The van der Waals surface area contributed by atoms with E-state index in [2.05, 4.69) is 5.32 Å². The van der Waals surface area contributed by atoms with Gasteiger partial charge in [0.1, 0.15) is 15.8 Å². The molecular weight excluding hydrogens is 408 g/mol. The first kappa shape index (κ1) is 19.5. The fourth-order valence-electron chi connectivity index (χ4n) is 3.20. The van der Waals surface area contributed by atoms with E-state index in [-0.39, 0.29) is 18.4 Å². The number of fused-ring (bicyclic) bond motifs is 1. The smallest absolute Gasteiger partial charge is 0.265 e. The van der Waals surface area contributed by atoms with Gasteiger partial charge >= 0.3 is 0 Å². The highest BCUT2D eigenvalue weighted by atomic mass is 32.2. The summed E-state index contributed by atoms with van der Waals surface area (Å²) >= 11 is 6.25. The van der Waals surface area contributed by atoms with E-state index in [0.717, 1.165) is 16.9 Å². The highest BCUT2D eigenvalue weighted by Gasteiger charge is 2.26. The van der Waals surface area contributed by atoms with Crippen molar-refractivity contribution in [3.8, 4) is 11.5 Å². The summed E-state index contributed by atoms with van der Waals surface area (Å²) in [5.41, 5.74) is 2.58. The van der Waals surface area contributed by atoms with Gasteiger partial charge in [-0.05, 0) is 47.9 Å². The van der Waals surface area contributed by atoms with Crippen LogP contribution in [0.2, 0.25) is 0 Å². The predicted molar refractivity (Wildman–Crippen MR) is 117 cm³/mol. The highest BCUT2D eigenvalue weighted by molar-refractivity contribution is 8.26. The molecular formula is C21H18N2O4S2. The van der Waals surface area contributed by atoms with E-state index in [4.69, 9.17) is 21.7 Å². The number of carbonyl (C=O) groups excluding carboxylic acids is 2. The molecule has 0 aromatic heterocycles.